The van der Waals surface area contributed by atoms with Crippen molar-refractivity contribution in [1.29, 1.82) is 0 Å². The van der Waals surface area contributed by atoms with Gasteiger partial charge in [0.15, 0.2) is 5.82 Å². The van der Waals surface area contributed by atoms with Crippen LogP contribution in [-0.2, 0) is 0 Å². The van der Waals surface area contributed by atoms with Gasteiger partial charge in [-0.25, -0.2) is 9.07 Å². The van der Waals surface area contributed by atoms with E-state index in [1.165, 1.54) is 31.4 Å². The summed E-state index contributed by atoms with van der Waals surface area (Å²) in [6.45, 7) is 2.21. The molecule has 0 bridgehead atoms. The van der Waals surface area contributed by atoms with Gasteiger partial charge < -0.3 is 5.73 Å². The van der Waals surface area contributed by atoms with Gasteiger partial charge in [0.25, 0.3) is 0 Å². The molecule has 0 amide bonds. The molecule has 2 aromatic rings. The number of hydrogen-bond acceptors (Lipinski definition) is 4. The number of nitrogens with zero attached hydrogens (tertiary/aromatic N) is 4. The molecular weight excluding hydrogens is 269 g/mol. The van der Waals surface area contributed by atoms with Crippen molar-refractivity contribution in [2.75, 3.05) is 5.73 Å². The van der Waals surface area contributed by atoms with Gasteiger partial charge >= 0.3 is 0 Å². The Kier molecular flexibility index (Phi) is 3.86. The molecule has 1 fully saturated rings. The number of nitrogen functional groups attached to an aromatic ring is 1. The number of aromatic nitrogens is 4. The predicted octanol–water partition coefficient (Wildman–Crippen LogP) is 3.20. The van der Waals surface area contributed by atoms with E-state index in [2.05, 4.69) is 22.4 Å². The molecule has 0 saturated heterocycles. The summed E-state index contributed by atoms with van der Waals surface area (Å²) < 4.78 is 15.1. The Morgan fingerprint density at radius 1 is 1.33 bits per heavy atom. The van der Waals surface area contributed by atoms with E-state index in [1.807, 2.05) is 4.68 Å². The quantitative estimate of drug-likeness (QED) is 0.881. The van der Waals surface area contributed by atoms with Gasteiger partial charge in [0.1, 0.15) is 5.82 Å². The molecule has 1 aliphatic rings. The maximum absolute atomic E-state index is 13.2. The zero-order valence-corrected chi connectivity index (χ0v) is 12.2. The highest BCUT2D eigenvalue weighted by Crippen LogP contribution is 2.37. The molecule has 1 saturated carbocycles. The monoisotopic (exact) mass is 289 g/mol. The van der Waals surface area contributed by atoms with E-state index in [1.54, 1.807) is 6.07 Å². The van der Waals surface area contributed by atoms with Gasteiger partial charge in [0.2, 0.25) is 0 Å². The normalized spacial score (nSPS) is 22.4. The Hall–Kier alpha value is -1.98. The molecule has 1 aromatic carbocycles. The van der Waals surface area contributed by atoms with Crippen molar-refractivity contribution in [3.8, 4) is 11.4 Å². The highest BCUT2D eigenvalue weighted by atomic mass is 19.1. The summed E-state index contributed by atoms with van der Waals surface area (Å²) in [5.74, 6) is 0.875. The van der Waals surface area contributed by atoms with Crippen molar-refractivity contribution in [3.63, 3.8) is 0 Å². The number of rotatable bonds is 3. The van der Waals surface area contributed by atoms with Gasteiger partial charge in [-0.1, -0.05) is 26.2 Å². The summed E-state index contributed by atoms with van der Waals surface area (Å²) in [4.78, 5) is 0. The van der Waals surface area contributed by atoms with E-state index in [4.69, 9.17) is 5.73 Å². The van der Waals surface area contributed by atoms with Crippen LogP contribution in [0, 0.1) is 11.7 Å². The minimum atomic E-state index is -0.348. The summed E-state index contributed by atoms with van der Waals surface area (Å²) >= 11 is 0. The number of anilines is 1. The third-order valence-electron chi connectivity index (χ3n) is 4.45. The van der Waals surface area contributed by atoms with Crippen LogP contribution in [-0.4, -0.2) is 20.2 Å². The fraction of sp³-hybridized carbons (Fsp3) is 0.533. The number of hydrogen-bond donors (Lipinski definition) is 1. The highest BCUT2D eigenvalue weighted by molar-refractivity contribution is 5.71. The molecule has 112 valence electrons. The Morgan fingerprint density at radius 3 is 2.90 bits per heavy atom. The number of halogens is 1. The molecule has 21 heavy (non-hydrogen) atoms. The van der Waals surface area contributed by atoms with Crippen LogP contribution in [0.3, 0.4) is 0 Å². The smallest absolute Gasteiger partial charge is 0.184 e. The summed E-state index contributed by atoms with van der Waals surface area (Å²) in [5, 5.41) is 12.1. The van der Waals surface area contributed by atoms with Crippen molar-refractivity contribution in [2.24, 2.45) is 5.92 Å². The van der Waals surface area contributed by atoms with Gasteiger partial charge in [-0.05, 0) is 47.4 Å². The lowest BCUT2D eigenvalue weighted by atomic mass is 9.83. The average Bonchev–Trinajstić information content (AvgIpc) is 2.96. The van der Waals surface area contributed by atoms with Crippen LogP contribution in [0.25, 0.3) is 11.4 Å². The van der Waals surface area contributed by atoms with Gasteiger partial charge in [-0.2, -0.15) is 0 Å². The summed E-state index contributed by atoms with van der Waals surface area (Å²) in [7, 11) is 0. The van der Waals surface area contributed by atoms with Crippen molar-refractivity contribution in [2.45, 2.75) is 45.1 Å². The van der Waals surface area contributed by atoms with E-state index in [0.29, 0.717) is 29.0 Å². The van der Waals surface area contributed by atoms with E-state index < -0.39 is 0 Å². The SMILES string of the molecule is CCC1CCCCC1n1nnnc1-c1ccc(F)cc1N. The van der Waals surface area contributed by atoms with Crippen molar-refractivity contribution in [3.05, 3.63) is 24.0 Å². The van der Waals surface area contributed by atoms with Crippen molar-refractivity contribution >= 4 is 5.69 Å². The van der Waals surface area contributed by atoms with Crippen LogP contribution >= 0.6 is 0 Å². The van der Waals surface area contributed by atoms with Gasteiger partial charge in [0, 0.05) is 11.3 Å². The average molecular weight is 289 g/mol. The fourth-order valence-electron chi connectivity index (χ4n) is 3.32. The van der Waals surface area contributed by atoms with Crippen LogP contribution < -0.4 is 5.73 Å². The number of tetrazole rings is 1. The molecule has 0 radical (unpaired) electrons. The van der Waals surface area contributed by atoms with Crippen LogP contribution in [0.5, 0.6) is 0 Å². The molecule has 5 nitrogen and oxygen atoms in total. The first-order chi connectivity index (χ1) is 10.2. The maximum atomic E-state index is 13.2. The van der Waals surface area contributed by atoms with Crippen LogP contribution in [0.4, 0.5) is 10.1 Å². The molecule has 2 N–H and O–H groups in total. The summed E-state index contributed by atoms with van der Waals surface area (Å²) in [6.07, 6.45) is 5.87. The second kappa shape index (κ2) is 5.79. The lowest BCUT2D eigenvalue weighted by Gasteiger charge is -2.31. The molecule has 1 heterocycles. The van der Waals surface area contributed by atoms with Crippen LogP contribution in [0.2, 0.25) is 0 Å². The molecule has 0 aliphatic heterocycles. The van der Waals surface area contributed by atoms with Crippen LogP contribution in [0.15, 0.2) is 18.2 Å². The third-order valence-corrected chi connectivity index (χ3v) is 4.45. The molecule has 2 atom stereocenters. The first-order valence-corrected chi connectivity index (χ1v) is 7.54. The van der Waals surface area contributed by atoms with E-state index in [0.717, 1.165) is 12.8 Å². The van der Waals surface area contributed by atoms with E-state index in [-0.39, 0.29) is 5.82 Å². The molecular formula is C15H20FN5. The Bertz CT molecular complexity index is 624. The fourth-order valence-corrected chi connectivity index (χ4v) is 3.32. The number of nitrogens with two attached hydrogens (primary N) is 1. The van der Waals surface area contributed by atoms with Gasteiger partial charge in [-0.3, -0.25) is 0 Å². The third kappa shape index (κ3) is 2.62. The molecule has 2 unspecified atom stereocenters. The summed E-state index contributed by atoms with van der Waals surface area (Å²) in [6, 6.07) is 4.66. The van der Waals surface area contributed by atoms with Crippen molar-refractivity contribution < 1.29 is 4.39 Å². The highest BCUT2D eigenvalue weighted by Gasteiger charge is 2.29. The molecule has 3 rings (SSSR count). The lowest BCUT2D eigenvalue weighted by Crippen LogP contribution is -2.24. The predicted molar refractivity (Wildman–Crippen MR) is 78.9 cm³/mol. The van der Waals surface area contributed by atoms with E-state index in [9.17, 15) is 4.39 Å². The second-order valence-corrected chi connectivity index (χ2v) is 5.70. The summed E-state index contributed by atoms with van der Waals surface area (Å²) in [5.41, 5.74) is 7.00. The van der Waals surface area contributed by atoms with Crippen molar-refractivity contribution in [1.82, 2.24) is 20.2 Å². The first-order valence-electron chi connectivity index (χ1n) is 7.54. The van der Waals surface area contributed by atoms with E-state index >= 15 is 0 Å². The first kappa shape index (κ1) is 14.0. The lowest BCUT2D eigenvalue weighted by molar-refractivity contribution is 0.216. The zero-order valence-electron chi connectivity index (χ0n) is 12.2. The van der Waals surface area contributed by atoms with Crippen LogP contribution in [0.1, 0.15) is 45.1 Å². The number of benzene rings is 1. The molecule has 1 aromatic heterocycles. The maximum Gasteiger partial charge on any atom is 0.184 e. The second-order valence-electron chi connectivity index (χ2n) is 5.70. The largest absolute Gasteiger partial charge is 0.398 e. The van der Waals surface area contributed by atoms with Gasteiger partial charge in [0.05, 0.1) is 6.04 Å². The van der Waals surface area contributed by atoms with Gasteiger partial charge in [-0.15, -0.1) is 5.10 Å². The minimum Gasteiger partial charge on any atom is -0.398 e. The molecule has 1 aliphatic carbocycles. The standard InChI is InChI=1S/C15H20FN5/c1-2-10-5-3-4-6-14(10)21-15(18-19-20-21)12-8-7-11(16)9-13(12)17/h7-10,14H,2-6,17H2,1H3. The minimum absolute atomic E-state index is 0.304. The molecule has 0 spiro atoms. The Labute approximate surface area is 123 Å². The topological polar surface area (TPSA) is 69.6 Å². The zero-order chi connectivity index (χ0) is 14.8. The molecule has 6 heteroatoms. The Balaban J connectivity index is 2.00. The Morgan fingerprint density at radius 2 is 2.14 bits per heavy atom.